The molecule has 1 aromatic carbocycles. The number of hydrogen-bond donors (Lipinski definition) is 1. The fraction of sp³-hybridized carbons (Fsp3) is 0.318. The summed E-state index contributed by atoms with van der Waals surface area (Å²) in [5.41, 5.74) is 2.27. The monoisotopic (exact) mass is 413 g/mol. The Morgan fingerprint density at radius 1 is 1.21 bits per heavy atom. The highest BCUT2D eigenvalue weighted by Crippen LogP contribution is 2.36. The van der Waals surface area contributed by atoms with Gasteiger partial charge >= 0.3 is 0 Å². The predicted molar refractivity (Wildman–Crippen MR) is 111 cm³/mol. The number of carbonyl (C=O) groups is 1. The number of furan rings is 1. The lowest BCUT2D eigenvalue weighted by Gasteiger charge is -2.37. The van der Waals surface area contributed by atoms with Crippen LogP contribution >= 0.6 is 11.6 Å². The summed E-state index contributed by atoms with van der Waals surface area (Å²) in [5.74, 6) is 0.827. The molecular weight excluding hydrogens is 390 g/mol. The second-order valence-corrected chi connectivity index (χ2v) is 7.44. The maximum absolute atomic E-state index is 12.2. The molecule has 1 N–H and O–H groups in total. The molecule has 0 saturated heterocycles. The van der Waals surface area contributed by atoms with E-state index in [-0.39, 0.29) is 11.9 Å². The summed E-state index contributed by atoms with van der Waals surface area (Å²) in [5, 5.41) is 3.52. The van der Waals surface area contributed by atoms with Gasteiger partial charge in [0.15, 0.2) is 5.76 Å². The zero-order chi connectivity index (χ0) is 20.2. The van der Waals surface area contributed by atoms with Crippen LogP contribution in [0.1, 0.15) is 33.6 Å². The molecule has 1 aliphatic rings. The van der Waals surface area contributed by atoms with Gasteiger partial charge in [0.2, 0.25) is 0 Å². The van der Waals surface area contributed by atoms with Crippen LogP contribution in [0.3, 0.4) is 0 Å². The van der Waals surface area contributed by atoms with E-state index in [2.05, 4.69) is 39.2 Å². The van der Waals surface area contributed by atoms with Crippen LogP contribution in [0.4, 0.5) is 0 Å². The molecule has 1 aliphatic heterocycles. The zero-order valence-corrected chi connectivity index (χ0v) is 17.1. The lowest BCUT2D eigenvalue weighted by Crippen LogP contribution is -2.38. The zero-order valence-electron chi connectivity index (χ0n) is 16.3. The summed E-state index contributed by atoms with van der Waals surface area (Å²) in [7, 11) is 1.60. The largest absolute Gasteiger partial charge is 0.455 e. The van der Waals surface area contributed by atoms with E-state index in [1.807, 2.05) is 24.3 Å². The van der Waals surface area contributed by atoms with Crippen LogP contribution in [-0.4, -0.2) is 42.2 Å². The van der Waals surface area contributed by atoms with Crippen LogP contribution < -0.4 is 5.32 Å². The Bertz CT molecular complexity index is 981. The quantitative estimate of drug-likeness (QED) is 0.600. The highest BCUT2D eigenvalue weighted by molar-refractivity contribution is 6.31. The Kier molecular flexibility index (Phi) is 6.04. The van der Waals surface area contributed by atoms with E-state index in [9.17, 15) is 4.79 Å². The third-order valence-electron chi connectivity index (χ3n) is 5.17. The highest BCUT2D eigenvalue weighted by atomic mass is 35.5. The Morgan fingerprint density at radius 3 is 2.90 bits per heavy atom. The molecule has 6 nitrogen and oxygen atoms in total. The van der Waals surface area contributed by atoms with E-state index in [4.69, 9.17) is 20.8 Å². The van der Waals surface area contributed by atoms with Crippen LogP contribution in [-0.2, 0) is 17.8 Å². The van der Waals surface area contributed by atoms with Crippen molar-refractivity contribution in [1.29, 1.82) is 0 Å². The molecule has 3 heterocycles. The first-order chi connectivity index (χ1) is 14.2. The highest BCUT2D eigenvalue weighted by Gasteiger charge is 2.30. The summed E-state index contributed by atoms with van der Waals surface area (Å²) < 4.78 is 13.0. The Morgan fingerprint density at radius 2 is 2.07 bits per heavy atom. The van der Waals surface area contributed by atoms with Gasteiger partial charge in [0, 0.05) is 43.7 Å². The summed E-state index contributed by atoms with van der Waals surface area (Å²) >= 11 is 6.54. The van der Waals surface area contributed by atoms with Crippen molar-refractivity contribution in [3.05, 3.63) is 82.5 Å². The number of fused-ring (bicyclic) bond motifs is 1. The van der Waals surface area contributed by atoms with Crippen molar-refractivity contribution < 1.29 is 13.9 Å². The summed E-state index contributed by atoms with van der Waals surface area (Å²) in [4.78, 5) is 14.5. The van der Waals surface area contributed by atoms with E-state index >= 15 is 0 Å². The Hall–Kier alpha value is -2.54. The number of methoxy groups -OCH3 is 1. The standard InChI is InChI=1S/C22H24ClN3O3/c1-28-14-10-24-22(27)20-9-8-16(29-20)15-26-13-12-25-11-4-7-19(25)21(26)17-5-2-3-6-18(17)23/h2-9,11,21H,10,12-15H2,1H3,(H,24,27). The van der Waals surface area contributed by atoms with Gasteiger partial charge in [0.25, 0.3) is 5.91 Å². The van der Waals surface area contributed by atoms with Gasteiger partial charge in [-0.2, -0.15) is 0 Å². The minimum atomic E-state index is -0.233. The van der Waals surface area contributed by atoms with Gasteiger partial charge in [0.05, 0.1) is 19.2 Å². The summed E-state index contributed by atoms with van der Waals surface area (Å²) in [6.07, 6.45) is 2.10. The first kappa shape index (κ1) is 19.8. The van der Waals surface area contributed by atoms with Gasteiger partial charge in [-0.05, 0) is 35.9 Å². The van der Waals surface area contributed by atoms with Crippen LogP contribution in [0.25, 0.3) is 0 Å². The number of aromatic nitrogens is 1. The van der Waals surface area contributed by atoms with E-state index < -0.39 is 0 Å². The van der Waals surface area contributed by atoms with E-state index in [0.717, 1.165) is 29.4 Å². The molecule has 0 spiro atoms. The first-order valence-corrected chi connectivity index (χ1v) is 10.0. The predicted octanol–water partition coefficient (Wildman–Crippen LogP) is 3.72. The second-order valence-electron chi connectivity index (χ2n) is 7.04. The van der Waals surface area contributed by atoms with Gasteiger partial charge in [-0.3, -0.25) is 9.69 Å². The van der Waals surface area contributed by atoms with Crippen molar-refractivity contribution in [2.24, 2.45) is 0 Å². The number of amides is 1. The second kappa shape index (κ2) is 8.86. The molecule has 29 heavy (non-hydrogen) atoms. The van der Waals surface area contributed by atoms with Crippen LogP contribution in [0, 0.1) is 0 Å². The molecule has 1 atom stereocenters. The van der Waals surface area contributed by atoms with Crippen molar-refractivity contribution in [3.63, 3.8) is 0 Å². The molecule has 0 saturated carbocycles. The van der Waals surface area contributed by atoms with Crippen molar-refractivity contribution in [3.8, 4) is 0 Å². The smallest absolute Gasteiger partial charge is 0.287 e. The van der Waals surface area contributed by atoms with Crippen molar-refractivity contribution in [1.82, 2.24) is 14.8 Å². The van der Waals surface area contributed by atoms with Crippen molar-refractivity contribution in [2.75, 3.05) is 26.8 Å². The number of halogens is 1. The molecule has 2 aromatic heterocycles. The lowest BCUT2D eigenvalue weighted by atomic mass is 9.99. The first-order valence-electron chi connectivity index (χ1n) is 9.66. The molecule has 0 aliphatic carbocycles. The average Bonchev–Trinajstić information content (AvgIpc) is 3.38. The van der Waals surface area contributed by atoms with E-state index in [1.54, 1.807) is 13.2 Å². The Balaban J connectivity index is 1.55. The number of nitrogens with zero attached hydrogens (tertiary/aromatic N) is 2. The maximum Gasteiger partial charge on any atom is 0.287 e. The third kappa shape index (κ3) is 4.24. The number of hydrogen-bond acceptors (Lipinski definition) is 4. The molecule has 7 heteroatoms. The van der Waals surface area contributed by atoms with Gasteiger partial charge in [-0.15, -0.1) is 0 Å². The summed E-state index contributed by atoms with van der Waals surface area (Å²) in [6, 6.07) is 15.8. The fourth-order valence-corrected chi connectivity index (χ4v) is 4.03. The molecule has 1 amide bonds. The normalized spacial score (nSPS) is 16.6. The third-order valence-corrected chi connectivity index (χ3v) is 5.52. The van der Waals surface area contributed by atoms with Crippen LogP contribution in [0.15, 0.2) is 59.1 Å². The maximum atomic E-state index is 12.2. The number of carbonyl (C=O) groups excluding carboxylic acids is 1. The van der Waals surface area contributed by atoms with E-state index in [1.165, 1.54) is 5.69 Å². The summed E-state index contributed by atoms with van der Waals surface area (Å²) in [6.45, 7) is 3.25. The van der Waals surface area contributed by atoms with Crippen molar-refractivity contribution in [2.45, 2.75) is 19.1 Å². The molecule has 0 radical (unpaired) electrons. The van der Waals surface area contributed by atoms with Gasteiger partial charge < -0.3 is 19.0 Å². The fourth-order valence-electron chi connectivity index (χ4n) is 3.79. The van der Waals surface area contributed by atoms with Gasteiger partial charge in [-0.1, -0.05) is 29.8 Å². The number of benzene rings is 1. The molecule has 152 valence electrons. The SMILES string of the molecule is COCCNC(=O)c1ccc(CN2CCn3cccc3C2c2ccccc2Cl)o1. The molecule has 1 unspecified atom stereocenters. The molecule has 0 bridgehead atoms. The molecular formula is C22H24ClN3O3. The lowest BCUT2D eigenvalue weighted by molar-refractivity contribution is 0.0903. The average molecular weight is 414 g/mol. The minimum Gasteiger partial charge on any atom is -0.455 e. The van der Waals surface area contributed by atoms with Crippen molar-refractivity contribution >= 4 is 17.5 Å². The van der Waals surface area contributed by atoms with Crippen LogP contribution in [0.5, 0.6) is 0 Å². The Labute approximate surface area is 175 Å². The number of nitrogens with one attached hydrogen (secondary N) is 1. The topological polar surface area (TPSA) is 59.6 Å². The number of ether oxygens (including phenoxy) is 1. The van der Waals surface area contributed by atoms with Gasteiger partial charge in [-0.25, -0.2) is 0 Å². The molecule has 4 rings (SSSR count). The molecule has 0 fully saturated rings. The van der Waals surface area contributed by atoms with Gasteiger partial charge in [0.1, 0.15) is 5.76 Å². The van der Waals surface area contributed by atoms with E-state index in [0.29, 0.717) is 25.5 Å². The van der Waals surface area contributed by atoms with Crippen LogP contribution in [0.2, 0.25) is 5.02 Å². The number of rotatable bonds is 7. The molecule has 3 aromatic rings. The minimum absolute atomic E-state index is 0.0246.